The number of hydrogen-bond acceptors (Lipinski definition) is 4. The van der Waals surface area contributed by atoms with Crippen LogP contribution in [0.5, 0.6) is 0 Å². The van der Waals surface area contributed by atoms with Gasteiger partial charge < -0.3 is 15.0 Å². The molecule has 0 aliphatic carbocycles. The number of nitrogens with zero attached hydrogens (tertiary/aromatic N) is 2. The number of rotatable bonds is 8. The van der Waals surface area contributed by atoms with Crippen LogP contribution < -0.4 is 5.32 Å². The van der Waals surface area contributed by atoms with E-state index >= 15 is 0 Å². The summed E-state index contributed by atoms with van der Waals surface area (Å²) in [6, 6.07) is 28.8. The standard InChI is InChI=1S/C31H35N3O3/c1-23(34(20-24-10-4-2-5-11-24)21-25-12-6-3-7-13-25)22-37-31(36)33-18-16-26(17-19-33)29-27-14-8-9-15-28(27)32-30(29)35/h2-15,23,26,29H,16-22H2,1H3,(H,32,35)/t23-,29?/m0/s1. The molecule has 37 heavy (non-hydrogen) atoms. The van der Waals surface area contributed by atoms with Gasteiger partial charge in [-0.15, -0.1) is 0 Å². The summed E-state index contributed by atoms with van der Waals surface area (Å²) in [6.07, 6.45) is 1.33. The Labute approximate surface area is 219 Å². The van der Waals surface area contributed by atoms with Crippen LogP contribution in [-0.4, -0.2) is 47.5 Å². The van der Waals surface area contributed by atoms with Crippen LogP contribution in [0, 0.1) is 5.92 Å². The quantitative estimate of drug-likeness (QED) is 0.436. The molecule has 1 unspecified atom stereocenters. The van der Waals surface area contributed by atoms with E-state index < -0.39 is 0 Å². The average Bonchev–Trinajstić information content (AvgIpc) is 3.28. The van der Waals surface area contributed by atoms with Crippen molar-refractivity contribution in [2.45, 2.75) is 44.8 Å². The molecule has 0 saturated carbocycles. The molecule has 1 saturated heterocycles. The zero-order chi connectivity index (χ0) is 25.6. The van der Waals surface area contributed by atoms with E-state index in [0.717, 1.165) is 37.2 Å². The van der Waals surface area contributed by atoms with Crippen LogP contribution in [-0.2, 0) is 22.6 Å². The van der Waals surface area contributed by atoms with Crippen molar-refractivity contribution < 1.29 is 14.3 Å². The molecule has 5 rings (SSSR count). The van der Waals surface area contributed by atoms with E-state index in [1.54, 1.807) is 4.90 Å². The topological polar surface area (TPSA) is 61.9 Å². The molecule has 1 fully saturated rings. The number of carbonyl (C=O) groups is 2. The number of amides is 2. The predicted octanol–water partition coefficient (Wildman–Crippen LogP) is 5.66. The molecule has 192 valence electrons. The van der Waals surface area contributed by atoms with E-state index in [2.05, 4.69) is 65.7 Å². The van der Waals surface area contributed by atoms with Gasteiger partial charge in [-0.25, -0.2) is 4.79 Å². The summed E-state index contributed by atoms with van der Waals surface area (Å²) in [5.41, 5.74) is 4.47. The molecular formula is C31H35N3O3. The van der Waals surface area contributed by atoms with Crippen molar-refractivity contribution in [1.82, 2.24) is 9.80 Å². The Morgan fingerprint density at radius 3 is 2.11 bits per heavy atom. The third-order valence-electron chi connectivity index (χ3n) is 7.63. The fourth-order valence-electron chi connectivity index (χ4n) is 5.51. The summed E-state index contributed by atoms with van der Waals surface area (Å²) in [5, 5.41) is 3.01. The number of ether oxygens (including phenoxy) is 1. The third kappa shape index (κ3) is 6.03. The molecule has 6 heteroatoms. The Morgan fingerprint density at radius 1 is 0.919 bits per heavy atom. The molecule has 1 N–H and O–H groups in total. The van der Waals surface area contributed by atoms with Crippen LogP contribution in [0.4, 0.5) is 10.5 Å². The van der Waals surface area contributed by atoms with E-state index in [0.29, 0.717) is 19.7 Å². The lowest BCUT2D eigenvalue weighted by molar-refractivity contribution is -0.118. The number of carbonyl (C=O) groups excluding carboxylic acids is 2. The maximum Gasteiger partial charge on any atom is 0.409 e. The highest BCUT2D eigenvalue weighted by molar-refractivity contribution is 6.03. The molecular weight excluding hydrogens is 462 g/mol. The molecule has 6 nitrogen and oxygen atoms in total. The fourth-order valence-corrected chi connectivity index (χ4v) is 5.51. The van der Waals surface area contributed by atoms with Gasteiger partial charge in [0.05, 0.1) is 5.92 Å². The highest BCUT2D eigenvalue weighted by Crippen LogP contribution is 2.41. The van der Waals surface area contributed by atoms with Crippen molar-refractivity contribution in [2.24, 2.45) is 5.92 Å². The summed E-state index contributed by atoms with van der Waals surface area (Å²) in [6.45, 7) is 5.23. The molecule has 2 atom stereocenters. The van der Waals surface area contributed by atoms with E-state index in [9.17, 15) is 9.59 Å². The van der Waals surface area contributed by atoms with Gasteiger partial charge in [0.1, 0.15) is 6.61 Å². The van der Waals surface area contributed by atoms with Crippen molar-refractivity contribution in [2.75, 3.05) is 25.0 Å². The fraction of sp³-hybridized carbons (Fsp3) is 0.355. The first-order valence-electron chi connectivity index (χ1n) is 13.2. The van der Waals surface area contributed by atoms with Crippen molar-refractivity contribution >= 4 is 17.7 Å². The van der Waals surface area contributed by atoms with Crippen molar-refractivity contribution in [1.29, 1.82) is 0 Å². The second-order valence-electron chi connectivity index (χ2n) is 10.2. The molecule has 0 spiro atoms. The Kier molecular flexibility index (Phi) is 7.85. The Morgan fingerprint density at radius 2 is 1.49 bits per heavy atom. The second kappa shape index (κ2) is 11.6. The lowest BCUT2D eigenvalue weighted by Gasteiger charge is -2.34. The van der Waals surface area contributed by atoms with E-state index in [-0.39, 0.29) is 29.9 Å². The number of hydrogen-bond donors (Lipinski definition) is 1. The van der Waals surface area contributed by atoms with Crippen LogP contribution in [0.15, 0.2) is 84.9 Å². The summed E-state index contributed by atoms with van der Waals surface area (Å²) in [5.74, 6) is 0.186. The van der Waals surface area contributed by atoms with Gasteiger partial charge >= 0.3 is 6.09 Å². The van der Waals surface area contributed by atoms with Crippen molar-refractivity contribution in [3.63, 3.8) is 0 Å². The van der Waals surface area contributed by atoms with E-state index in [1.807, 2.05) is 36.4 Å². The normalized spacial score (nSPS) is 18.4. The SMILES string of the molecule is C[C@@H](COC(=O)N1CCC(C2C(=O)Nc3ccccc32)CC1)N(Cc1ccccc1)Cc1ccccc1. The number of anilines is 1. The van der Waals surface area contributed by atoms with Crippen LogP contribution >= 0.6 is 0 Å². The summed E-state index contributed by atoms with van der Waals surface area (Å²) < 4.78 is 5.80. The molecule has 2 aliphatic heterocycles. The predicted molar refractivity (Wildman–Crippen MR) is 145 cm³/mol. The van der Waals surface area contributed by atoms with Gasteiger partial charge in [0, 0.05) is 37.9 Å². The first-order chi connectivity index (χ1) is 18.1. The minimum absolute atomic E-state index is 0.0561. The Bertz CT molecular complexity index is 1150. The minimum atomic E-state index is -0.263. The zero-order valence-corrected chi connectivity index (χ0v) is 21.4. The van der Waals surface area contributed by atoms with Crippen molar-refractivity contribution in [3.8, 4) is 0 Å². The number of piperidine rings is 1. The maximum absolute atomic E-state index is 12.9. The molecule has 0 radical (unpaired) electrons. The highest BCUT2D eigenvalue weighted by Gasteiger charge is 2.38. The molecule has 0 aromatic heterocycles. The van der Waals surface area contributed by atoms with E-state index in [1.165, 1.54) is 11.1 Å². The smallest absolute Gasteiger partial charge is 0.409 e. The van der Waals surface area contributed by atoms with Crippen molar-refractivity contribution in [3.05, 3.63) is 102 Å². The number of likely N-dealkylation sites (tertiary alicyclic amines) is 1. The van der Waals surface area contributed by atoms with Gasteiger partial charge in [-0.3, -0.25) is 9.69 Å². The molecule has 2 aliphatic rings. The van der Waals surface area contributed by atoms with Gasteiger partial charge in [-0.1, -0.05) is 78.9 Å². The van der Waals surface area contributed by atoms with Gasteiger partial charge in [0.25, 0.3) is 0 Å². The molecule has 2 amide bonds. The van der Waals surface area contributed by atoms with E-state index in [4.69, 9.17) is 4.74 Å². The maximum atomic E-state index is 12.9. The summed E-state index contributed by atoms with van der Waals surface area (Å²) >= 11 is 0. The van der Waals surface area contributed by atoms with Gasteiger partial charge in [0.15, 0.2) is 0 Å². The summed E-state index contributed by atoms with van der Waals surface area (Å²) in [4.78, 5) is 29.7. The zero-order valence-electron chi connectivity index (χ0n) is 21.4. The first kappa shape index (κ1) is 25.0. The lowest BCUT2D eigenvalue weighted by atomic mass is 9.81. The van der Waals surface area contributed by atoms with Crippen LogP contribution in [0.1, 0.15) is 42.4 Å². The van der Waals surface area contributed by atoms with Crippen LogP contribution in [0.25, 0.3) is 0 Å². The number of nitrogens with one attached hydrogen (secondary N) is 1. The second-order valence-corrected chi connectivity index (χ2v) is 10.2. The number of fused-ring (bicyclic) bond motifs is 1. The highest BCUT2D eigenvalue weighted by atomic mass is 16.6. The monoisotopic (exact) mass is 497 g/mol. The molecule has 3 aromatic carbocycles. The van der Waals surface area contributed by atoms with Gasteiger partial charge in [-0.2, -0.15) is 0 Å². The third-order valence-corrected chi connectivity index (χ3v) is 7.63. The molecule has 3 aromatic rings. The number of para-hydroxylation sites is 1. The van der Waals surface area contributed by atoms with Crippen LogP contribution in [0.3, 0.4) is 0 Å². The van der Waals surface area contributed by atoms with Gasteiger partial charge in [-0.05, 0) is 48.4 Å². The molecule has 0 bridgehead atoms. The Balaban J connectivity index is 1.15. The average molecular weight is 498 g/mol. The minimum Gasteiger partial charge on any atom is -0.448 e. The molecule has 2 heterocycles. The number of benzene rings is 3. The lowest BCUT2D eigenvalue weighted by Crippen LogP contribution is -2.43. The van der Waals surface area contributed by atoms with Crippen LogP contribution in [0.2, 0.25) is 0 Å². The largest absolute Gasteiger partial charge is 0.448 e. The first-order valence-corrected chi connectivity index (χ1v) is 13.2. The van der Waals surface area contributed by atoms with Gasteiger partial charge in [0.2, 0.25) is 5.91 Å². The Hall–Kier alpha value is -3.64. The summed E-state index contributed by atoms with van der Waals surface area (Å²) in [7, 11) is 0.